The molecule has 394 valence electrons. The molecule has 6 heteroatoms. The van der Waals surface area contributed by atoms with Crippen LogP contribution in [0.25, 0.3) is 0 Å². The maximum absolute atomic E-state index is 12.8. The summed E-state index contributed by atoms with van der Waals surface area (Å²) in [4.78, 5) is 38.1. The predicted octanol–water partition coefficient (Wildman–Crippen LogP) is 18.5. The highest BCUT2D eigenvalue weighted by Gasteiger charge is 2.19. The number of unbranched alkanes of at least 4 members (excludes halogenated alkanes) is 12. The van der Waals surface area contributed by atoms with E-state index in [1.54, 1.807) is 0 Å². The molecule has 0 saturated carbocycles. The second kappa shape index (κ2) is 57.6. The average molecular weight is 983 g/mol. The summed E-state index contributed by atoms with van der Waals surface area (Å²) in [5.74, 6) is -1.05. The van der Waals surface area contributed by atoms with Crippen LogP contribution < -0.4 is 0 Å². The number of ether oxygens (including phenoxy) is 3. The van der Waals surface area contributed by atoms with Gasteiger partial charge in [0.2, 0.25) is 0 Å². The van der Waals surface area contributed by atoms with Crippen LogP contribution in [0.1, 0.15) is 168 Å². The zero-order valence-corrected chi connectivity index (χ0v) is 44.8. The number of rotatable bonds is 45. The highest BCUT2D eigenvalue weighted by Crippen LogP contribution is 2.12. The van der Waals surface area contributed by atoms with E-state index in [1.807, 2.05) is 146 Å². The van der Waals surface area contributed by atoms with Crippen molar-refractivity contribution in [3.05, 3.63) is 207 Å². The van der Waals surface area contributed by atoms with Gasteiger partial charge in [-0.15, -0.1) is 0 Å². The Balaban J connectivity index is 4.69. The van der Waals surface area contributed by atoms with Crippen LogP contribution in [0.2, 0.25) is 0 Å². The van der Waals surface area contributed by atoms with Crippen LogP contribution in [0.15, 0.2) is 207 Å². The molecule has 0 fully saturated rings. The third-order valence-electron chi connectivity index (χ3n) is 10.4. The summed E-state index contributed by atoms with van der Waals surface area (Å²) in [7, 11) is 0. The van der Waals surface area contributed by atoms with Gasteiger partial charge in [-0.2, -0.15) is 0 Å². The maximum atomic E-state index is 12.8. The Morgan fingerprint density at radius 3 is 0.958 bits per heavy atom. The van der Waals surface area contributed by atoms with Gasteiger partial charge >= 0.3 is 17.9 Å². The Morgan fingerprint density at radius 2 is 0.569 bits per heavy atom. The number of carbonyl (C=O) groups excluding carboxylic acids is 3. The fraction of sp³-hybridized carbons (Fsp3) is 0.439. The molecule has 0 aromatic heterocycles. The van der Waals surface area contributed by atoms with E-state index in [2.05, 4.69) is 81.5 Å². The van der Waals surface area contributed by atoms with E-state index in [0.717, 1.165) is 103 Å². The average Bonchev–Trinajstić information content (AvgIpc) is 3.38. The SMILES string of the molecule is CC\C=C/C=C\C=C/C=C\C=C\C=C/C=C\CCCCCC(=O)OCC(COC(=O)CCCCCCCC/C=C\C/C=C\C/C=C\CC)OC(=O)CCCCC\C=C/C=C\C=C\C=C/C=C\C=C/C=C\CC. The van der Waals surface area contributed by atoms with Crippen LogP contribution in [0.4, 0.5) is 0 Å². The predicted molar refractivity (Wildman–Crippen MR) is 310 cm³/mol. The number of allylic oxidation sites excluding steroid dienone is 34. The summed E-state index contributed by atoms with van der Waals surface area (Å²) in [6.07, 6.45) is 89.4. The first-order valence-electron chi connectivity index (χ1n) is 27.3. The van der Waals surface area contributed by atoms with Gasteiger partial charge < -0.3 is 14.2 Å². The summed E-state index contributed by atoms with van der Waals surface area (Å²) >= 11 is 0. The van der Waals surface area contributed by atoms with E-state index < -0.39 is 6.10 Å². The molecule has 0 spiro atoms. The lowest BCUT2D eigenvalue weighted by Crippen LogP contribution is -2.30. The number of hydrogen-bond acceptors (Lipinski definition) is 6. The summed E-state index contributed by atoms with van der Waals surface area (Å²) in [5, 5.41) is 0. The second-order valence-electron chi connectivity index (χ2n) is 17.0. The Labute approximate surface area is 439 Å². The zero-order chi connectivity index (χ0) is 52.2. The molecule has 0 aliphatic heterocycles. The van der Waals surface area contributed by atoms with Crippen molar-refractivity contribution in [2.45, 2.75) is 175 Å². The molecule has 0 aromatic rings. The van der Waals surface area contributed by atoms with Gasteiger partial charge in [0.05, 0.1) is 0 Å². The molecule has 0 aliphatic rings. The lowest BCUT2D eigenvalue weighted by atomic mass is 10.1. The molecule has 6 nitrogen and oxygen atoms in total. The van der Waals surface area contributed by atoms with Crippen molar-refractivity contribution in [2.75, 3.05) is 13.2 Å². The highest BCUT2D eigenvalue weighted by atomic mass is 16.6. The lowest BCUT2D eigenvalue weighted by molar-refractivity contribution is -0.167. The highest BCUT2D eigenvalue weighted by molar-refractivity contribution is 5.71. The molecule has 0 rings (SSSR count). The summed E-state index contributed by atoms with van der Waals surface area (Å²) in [6, 6.07) is 0. The molecule has 1 unspecified atom stereocenters. The molecule has 0 heterocycles. The van der Waals surface area contributed by atoms with Crippen LogP contribution in [0.5, 0.6) is 0 Å². The van der Waals surface area contributed by atoms with Crippen LogP contribution in [-0.4, -0.2) is 37.2 Å². The van der Waals surface area contributed by atoms with Gasteiger partial charge in [-0.25, -0.2) is 0 Å². The smallest absolute Gasteiger partial charge is 0.306 e. The Hall–Kier alpha value is -6.01. The molecule has 0 N–H and O–H groups in total. The Bertz CT molecular complexity index is 1840. The molecule has 0 bridgehead atoms. The lowest BCUT2D eigenvalue weighted by Gasteiger charge is -2.18. The van der Waals surface area contributed by atoms with Crippen molar-refractivity contribution in [1.82, 2.24) is 0 Å². The van der Waals surface area contributed by atoms with Gasteiger partial charge in [-0.05, 0) is 89.9 Å². The van der Waals surface area contributed by atoms with Crippen LogP contribution >= 0.6 is 0 Å². The van der Waals surface area contributed by atoms with E-state index in [9.17, 15) is 14.4 Å². The molecule has 0 saturated heterocycles. The minimum absolute atomic E-state index is 0.132. The van der Waals surface area contributed by atoms with Gasteiger partial charge in [-0.3, -0.25) is 14.4 Å². The summed E-state index contributed by atoms with van der Waals surface area (Å²) in [5.41, 5.74) is 0. The minimum atomic E-state index is -0.842. The fourth-order valence-corrected chi connectivity index (χ4v) is 6.42. The minimum Gasteiger partial charge on any atom is -0.462 e. The van der Waals surface area contributed by atoms with E-state index in [0.29, 0.717) is 19.3 Å². The molecular formula is C66H94O6. The zero-order valence-electron chi connectivity index (χ0n) is 44.8. The molecular weight excluding hydrogens is 889 g/mol. The second-order valence-corrected chi connectivity index (χ2v) is 17.0. The molecule has 0 aromatic carbocycles. The van der Waals surface area contributed by atoms with Crippen LogP contribution in [0.3, 0.4) is 0 Å². The van der Waals surface area contributed by atoms with E-state index in [1.165, 1.54) is 12.8 Å². The van der Waals surface area contributed by atoms with Crippen LogP contribution in [0, 0.1) is 0 Å². The van der Waals surface area contributed by atoms with Crippen molar-refractivity contribution < 1.29 is 28.6 Å². The van der Waals surface area contributed by atoms with Crippen molar-refractivity contribution in [3.8, 4) is 0 Å². The Morgan fingerprint density at radius 1 is 0.292 bits per heavy atom. The number of hydrogen-bond donors (Lipinski definition) is 0. The van der Waals surface area contributed by atoms with Crippen molar-refractivity contribution in [2.24, 2.45) is 0 Å². The third-order valence-corrected chi connectivity index (χ3v) is 10.4. The van der Waals surface area contributed by atoms with Crippen molar-refractivity contribution in [3.63, 3.8) is 0 Å². The maximum Gasteiger partial charge on any atom is 0.306 e. The normalized spacial score (nSPS) is 13.8. The largest absolute Gasteiger partial charge is 0.462 e. The topological polar surface area (TPSA) is 78.9 Å². The van der Waals surface area contributed by atoms with Gasteiger partial charge in [0.15, 0.2) is 6.10 Å². The van der Waals surface area contributed by atoms with Gasteiger partial charge in [0, 0.05) is 19.3 Å². The molecule has 72 heavy (non-hydrogen) atoms. The standard InChI is InChI=1S/C66H94O6/c1-4-7-10-13-16-19-22-25-28-31-33-35-38-41-44-47-50-53-56-59-65(68)71-62-63(61-70-64(67)58-55-52-49-46-43-40-37-30-27-24-21-18-15-12-9-6-3)72-66(69)60-57-54-51-48-45-42-39-36-34-32-29-26-23-20-17-14-11-8-5-2/h7-14,16-23,25-36,38-39,41-42,44-45,63H,4-6,15,24,37,40,43,46-62H2,1-3H3/b10-7-,11-8-,12-9-,16-13-,17-14-,21-18-,22-19-,23-20-,28-25-,29-26-,30-27-,33-31+,34-32+,38-35-,39-36-,44-41-,45-42-. The fourth-order valence-electron chi connectivity index (χ4n) is 6.42. The Kier molecular flexibility index (Phi) is 52.8. The molecule has 1 atom stereocenters. The number of carbonyl (C=O) groups is 3. The first kappa shape index (κ1) is 66.0. The summed E-state index contributed by atoms with van der Waals surface area (Å²) in [6.45, 7) is 6.11. The van der Waals surface area contributed by atoms with Gasteiger partial charge in [0.25, 0.3) is 0 Å². The number of esters is 3. The van der Waals surface area contributed by atoms with Gasteiger partial charge in [0.1, 0.15) is 13.2 Å². The first-order chi connectivity index (χ1) is 35.5. The van der Waals surface area contributed by atoms with Crippen LogP contribution in [-0.2, 0) is 28.6 Å². The van der Waals surface area contributed by atoms with E-state index in [-0.39, 0.29) is 44.0 Å². The monoisotopic (exact) mass is 983 g/mol. The third kappa shape index (κ3) is 54.9. The first-order valence-corrected chi connectivity index (χ1v) is 27.3. The van der Waals surface area contributed by atoms with E-state index in [4.69, 9.17) is 14.2 Å². The molecule has 0 aliphatic carbocycles. The molecule has 0 amide bonds. The van der Waals surface area contributed by atoms with E-state index >= 15 is 0 Å². The summed E-state index contributed by atoms with van der Waals surface area (Å²) < 4.78 is 16.8. The van der Waals surface area contributed by atoms with Gasteiger partial charge in [-0.1, -0.05) is 266 Å². The molecule has 0 radical (unpaired) electrons. The van der Waals surface area contributed by atoms with Crippen molar-refractivity contribution in [1.29, 1.82) is 0 Å². The van der Waals surface area contributed by atoms with Crippen molar-refractivity contribution >= 4 is 17.9 Å². The quantitative estimate of drug-likeness (QED) is 0.0199.